The van der Waals surface area contributed by atoms with Crippen LogP contribution in [0, 0.1) is 0 Å². The van der Waals surface area contributed by atoms with Crippen LogP contribution in [0.5, 0.6) is 0 Å². The molecule has 0 radical (unpaired) electrons. The minimum atomic E-state index is -8.36. The van der Waals surface area contributed by atoms with Crippen molar-refractivity contribution in [3.8, 4) is 0 Å². The lowest BCUT2D eigenvalue weighted by molar-refractivity contribution is -0.377. The minimum absolute atomic E-state index is 2.70. The molecule has 0 saturated carbocycles. The maximum absolute atomic E-state index is 14.4. The molecule has 0 heterocycles. The molecule has 0 aromatic carbocycles. The Bertz CT molecular complexity index is 875. The minimum Gasteiger partial charge on any atom is -0.396 e. The number of alkyl halides is 12. The Hall–Kier alpha value is -1.10. The lowest BCUT2D eigenvalue weighted by Gasteiger charge is -2.51. The first-order valence-corrected chi connectivity index (χ1v) is 9.48. The second kappa shape index (κ2) is 7.46. The molecule has 0 aliphatic heterocycles. The predicted molar refractivity (Wildman–Crippen MR) is 69.4 cm³/mol. The van der Waals surface area contributed by atoms with Crippen LogP contribution in [0.3, 0.4) is 0 Å². The summed E-state index contributed by atoms with van der Waals surface area (Å²) in [7, 11) is -16.5. The van der Waals surface area contributed by atoms with Crippen molar-refractivity contribution in [2.75, 3.05) is 6.61 Å². The third-order valence-corrected chi connectivity index (χ3v) is 6.66. The predicted octanol–water partition coefficient (Wildman–Crippen LogP) is 1.60. The van der Waals surface area contributed by atoms with Gasteiger partial charge >= 0.3 is 44.3 Å². The quantitative estimate of drug-likeness (QED) is 0.283. The van der Waals surface area contributed by atoms with Crippen LogP contribution in [0.2, 0.25) is 0 Å². The monoisotopic (exact) mass is 536 g/mol. The van der Waals surface area contributed by atoms with E-state index in [1.165, 1.54) is 0 Å². The standard InChI is InChI=1S/C9H8F12O8S2/c10-5(11,6(12,9(19,20)21)31(27,28)29)3(23,1-2-22)4(7(13,14)15,8(16,17)18)30(24,25)26/h22-23H,1-2H2,(H,24,25,26)(H,27,28,29). The van der Waals surface area contributed by atoms with E-state index in [4.69, 9.17) is 14.2 Å². The van der Waals surface area contributed by atoms with Gasteiger partial charge in [0.05, 0.1) is 0 Å². The van der Waals surface area contributed by atoms with Gasteiger partial charge in [-0.1, -0.05) is 0 Å². The Labute approximate surface area is 162 Å². The van der Waals surface area contributed by atoms with Crippen LogP contribution in [0.15, 0.2) is 0 Å². The highest BCUT2D eigenvalue weighted by Crippen LogP contribution is 2.64. The maximum Gasteiger partial charge on any atom is 0.446 e. The summed E-state index contributed by atoms with van der Waals surface area (Å²) in [4.78, 5) is 0. The van der Waals surface area contributed by atoms with Crippen LogP contribution in [0.4, 0.5) is 52.7 Å². The molecule has 8 nitrogen and oxygen atoms in total. The average Bonchev–Trinajstić information content (AvgIpc) is 2.38. The second-order valence-electron chi connectivity index (χ2n) is 5.63. The van der Waals surface area contributed by atoms with E-state index in [1.807, 2.05) is 0 Å². The van der Waals surface area contributed by atoms with E-state index in [2.05, 4.69) is 0 Å². The van der Waals surface area contributed by atoms with Crippen LogP contribution in [-0.2, 0) is 20.2 Å². The van der Waals surface area contributed by atoms with E-state index >= 15 is 0 Å². The third kappa shape index (κ3) is 3.73. The van der Waals surface area contributed by atoms with Gasteiger partial charge in [-0.25, -0.2) is 4.39 Å². The largest absolute Gasteiger partial charge is 0.446 e. The maximum atomic E-state index is 14.4. The van der Waals surface area contributed by atoms with E-state index in [9.17, 15) is 74.6 Å². The molecule has 0 saturated heterocycles. The molecule has 0 fully saturated rings. The van der Waals surface area contributed by atoms with Crippen LogP contribution in [-0.4, -0.2) is 82.6 Å². The van der Waals surface area contributed by atoms with Crippen molar-refractivity contribution in [1.29, 1.82) is 0 Å². The van der Waals surface area contributed by atoms with Gasteiger partial charge in [-0.05, 0) is 0 Å². The molecule has 2 atom stereocenters. The molecule has 0 spiro atoms. The molecular weight excluding hydrogens is 528 g/mol. The van der Waals surface area contributed by atoms with Gasteiger partial charge in [0.1, 0.15) is 0 Å². The summed E-state index contributed by atoms with van der Waals surface area (Å²) in [5, 5.41) is 10.1. The Balaban J connectivity index is 8.26. The van der Waals surface area contributed by atoms with E-state index < -0.39 is 73.1 Å². The summed E-state index contributed by atoms with van der Waals surface area (Å²) in [5.74, 6) is -8.13. The van der Waals surface area contributed by atoms with Crippen molar-refractivity contribution in [2.24, 2.45) is 0 Å². The van der Waals surface area contributed by atoms with Gasteiger partial charge in [-0.15, -0.1) is 0 Å². The first-order chi connectivity index (χ1) is 13.1. The molecule has 2 unspecified atom stereocenters. The molecule has 0 aliphatic rings. The number of aliphatic hydroxyl groups excluding tert-OH is 1. The molecule has 0 aliphatic carbocycles. The average molecular weight is 536 g/mol. The SMILES string of the molecule is O=S(=O)(O)C(F)(C(F)(F)F)C(F)(F)C(O)(CCO)C(C(F)(F)F)(C(F)(F)F)S(=O)(=O)O. The highest BCUT2D eigenvalue weighted by Gasteiger charge is 2.97. The first kappa shape index (κ1) is 29.9. The molecule has 4 N–H and O–H groups in total. The van der Waals surface area contributed by atoms with Gasteiger partial charge in [-0.3, -0.25) is 9.11 Å². The summed E-state index contributed by atoms with van der Waals surface area (Å²) in [6.45, 7) is -2.70. The normalized spacial score (nSPS) is 19.6. The molecule has 0 aromatic heterocycles. The van der Waals surface area contributed by atoms with Crippen LogP contribution < -0.4 is 0 Å². The summed E-state index contributed by atoms with van der Waals surface area (Å²) in [6, 6.07) is 0. The van der Waals surface area contributed by atoms with Crippen LogP contribution in [0.25, 0.3) is 0 Å². The summed E-state index contributed by atoms with van der Waals surface area (Å²) in [5.41, 5.74) is -7.20. The number of hydrogen-bond donors (Lipinski definition) is 4. The van der Waals surface area contributed by atoms with Gasteiger partial charge in [0, 0.05) is 13.0 Å². The van der Waals surface area contributed by atoms with Crippen LogP contribution >= 0.6 is 0 Å². The lowest BCUT2D eigenvalue weighted by Crippen LogP contribution is -2.84. The molecule has 0 rings (SSSR count). The smallest absolute Gasteiger partial charge is 0.396 e. The molecule has 0 aromatic rings. The van der Waals surface area contributed by atoms with E-state index in [1.54, 1.807) is 0 Å². The second-order valence-corrected chi connectivity index (χ2v) is 8.70. The summed E-state index contributed by atoms with van der Waals surface area (Å²) in [6.07, 6.45) is -27.3. The van der Waals surface area contributed by atoms with E-state index in [0.717, 1.165) is 0 Å². The Kier molecular flexibility index (Phi) is 7.20. The summed E-state index contributed by atoms with van der Waals surface area (Å²) < 4.78 is 213. The van der Waals surface area contributed by atoms with Crippen molar-refractivity contribution in [3.63, 3.8) is 0 Å². The molecule has 0 amide bonds. The topological polar surface area (TPSA) is 149 Å². The fourth-order valence-corrected chi connectivity index (χ4v) is 4.63. The van der Waals surface area contributed by atoms with Gasteiger partial charge in [0.2, 0.25) is 0 Å². The highest BCUT2D eigenvalue weighted by molar-refractivity contribution is 7.87. The van der Waals surface area contributed by atoms with Crippen molar-refractivity contribution in [2.45, 2.75) is 46.2 Å². The fraction of sp³-hybridized carbons (Fsp3) is 1.00. The third-order valence-electron chi connectivity index (χ3n) is 3.88. The van der Waals surface area contributed by atoms with Crippen LogP contribution in [0.1, 0.15) is 6.42 Å². The van der Waals surface area contributed by atoms with Crippen molar-refractivity contribution in [3.05, 3.63) is 0 Å². The number of rotatable bonds is 7. The van der Waals surface area contributed by atoms with Gasteiger partial charge in [0.25, 0.3) is 10.1 Å². The fourth-order valence-electron chi connectivity index (χ4n) is 2.60. The van der Waals surface area contributed by atoms with Crippen molar-refractivity contribution in [1.82, 2.24) is 0 Å². The highest BCUT2D eigenvalue weighted by atomic mass is 32.2. The number of aliphatic hydroxyl groups is 2. The molecule has 22 heteroatoms. The summed E-state index contributed by atoms with van der Waals surface area (Å²) >= 11 is 0. The Morgan fingerprint density at radius 3 is 1.10 bits per heavy atom. The van der Waals surface area contributed by atoms with E-state index in [0.29, 0.717) is 0 Å². The van der Waals surface area contributed by atoms with Gasteiger partial charge < -0.3 is 10.2 Å². The van der Waals surface area contributed by atoms with Crippen molar-refractivity contribution < 1.29 is 88.8 Å². The zero-order chi connectivity index (χ0) is 25.9. The van der Waals surface area contributed by atoms with Gasteiger partial charge in [-0.2, -0.15) is 65.1 Å². The number of halogens is 12. The molecular formula is C9H8F12O8S2. The molecule has 31 heavy (non-hydrogen) atoms. The van der Waals surface area contributed by atoms with Crippen molar-refractivity contribution >= 4 is 20.2 Å². The Morgan fingerprint density at radius 2 is 0.935 bits per heavy atom. The van der Waals surface area contributed by atoms with Gasteiger partial charge in [0.15, 0.2) is 5.60 Å². The Morgan fingerprint density at radius 1 is 0.613 bits per heavy atom. The van der Waals surface area contributed by atoms with E-state index in [-0.39, 0.29) is 0 Å². The lowest BCUT2D eigenvalue weighted by atomic mass is 9.75. The zero-order valence-corrected chi connectivity index (χ0v) is 15.3. The molecule has 188 valence electrons. The molecule has 0 bridgehead atoms. The first-order valence-electron chi connectivity index (χ1n) is 6.60. The zero-order valence-electron chi connectivity index (χ0n) is 13.7. The number of hydrogen-bond acceptors (Lipinski definition) is 6.